The van der Waals surface area contributed by atoms with Crippen LogP contribution in [0.4, 0.5) is 5.95 Å². The second-order valence-corrected chi connectivity index (χ2v) is 7.51. The van der Waals surface area contributed by atoms with Gasteiger partial charge in [-0.05, 0) is 29.9 Å². The molecule has 0 spiro atoms. The van der Waals surface area contributed by atoms with Crippen molar-refractivity contribution in [3.8, 4) is 0 Å². The summed E-state index contributed by atoms with van der Waals surface area (Å²) in [6, 6.07) is 8.41. The second-order valence-electron chi connectivity index (χ2n) is 7.51. The molecule has 0 aliphatic rings. The van der Waals surface area contributed by atoms with Gasteiger partial charge in [-0.2, -0.15) is 5.10 Å². The van der Waals surface area contributed by atoms with Crippen LogP contribution in [0.25, 0.3) is 0 Å². The van der Waals surface area contributed by atoms with Crippen LogP contribution < -0.4 is 5.73 Å². The van der Waals surface area contributed by atoms with E-state index in [0.29, 0.717) is 17.8 Å². The van der Waals surface area contributed by atoms with E-state index in [0.717, 1.165) is 30.9 Å². The van der Waals surface area contributed by atoms with Crippen LogP contribution in [0.3, 0.4) is 0 Å². The molecule has 0 aliphatic heterocycles. The lowest BCUT2D eigenvalue weighted by Crippen LogP contribution is -2.31. The Balaban J connectivity index is 2.19. The van der Waals surface area contributed by atoms with Crippen LogP contribution in [-0.2, 0) is 6.54 Å². The maximum atomic E-state index is 5.86. The Morgan fingerprint density at radius 3 is 2.36 bits per heavy atom. The largest absolute Gasteiger partial charge is 0.368 e. The van der Waals surface area contributed by atoms with Gasteiger partial charge in [-0.1, -0.05) is 52.0 Å². The van der Waals surface area contributed by atoms with E-state index in [2.05, 4.69) is 60.9 Å². The maximum Gasteiger partial charge on any atom is 0.221 e. The monoisotopic (exact) mass is 341 g/mol. The Labute approximate surface area is 151 Å². The molecule has 5 nitrogen and oxygen atoms in total. The first-order valence-electron chi connectivity index (χ1n) is 9.01. The number of nitrogen functional groups attached to an aromatic ring is 1. The Kier molecular flexibility index (Phi) is 6.76. The third-order valence-corrected chi connectivity index (χ3v) is 3.85. The number of anilines is 1. The lowest BCUT2D eigenvalue weighted by molar-refractivity contribution is 0.211. The summed E-state index contributed by atoms with van der Waals surface area (Å²) in [6.07, 6.45) is 3.70. The molecule has 0 unspecified atom stereocenters. The van der Waals surface area contributed by atoms with Crippen molar-refractivity contribution >= 4 is 12.2 Å². The fraction of sp³-hybridized carbons (Fsp3) is 0.500. The number of nitrogens with two attached hydrogens (primary N) is 1. The zero-order valence-electron chi connectivity index (χ0n) is 16.1. The average Bonchev–Trinajstić information content (AvgIpc) is 2.83. The molecule has 2 rings (SSSR count). The van der Waals surface area contributed by atoms with E-state index in [-0.39, 0.29) is 0 Å². The number of hydrogen-bond donors (Lipinski definition) is 1. The lowest BCUT2D eigenvalue weighted by Gasteiger charge is -2.26. The van der Waals surface area contributed by atoms with E-state index in [4.69, 9.17) is 5.73 Å². The predicted octanol–water partition coefficient (Wildman–Crippen LogP) is 3.77. The van der Waals surface area contributed by atoms with Gasteiger partial charge in [-0.25, -0.2) is 9.66 Å². The third kappa shape index (κ3) is 6.02. The highest BCUT2D eigenvalue weighted by Gasteiger charge is 2.12. The first kappa shape index (κ1) is 19.2. The molecule has 1 aromatic carbocycles. The summed E-state index contributed by atoms with van der Waals surface area (Å²) >= 11 is 0. The van der Waals surface area contributed by atoms with Crippen LogP contribution >= 0.6 is 0 Å². The molecule has 2 aromatic rings. The van der Waals surface area contributed by atoms with E-state index in [1.807, 2.05) is 25.4 Å². The van der Waals surface area contributed by atoms with Gasteiger partial charge in [-0.15, -0.1) is 0 Å². The van der Waals surface area contributed by atoms with Crippen molar-refractivity contribution in [2.24, 2.45) is 16.9 Å². The molecule has 0 aliphatic carbocycles. The number of benzene rings is 1. The summed E-state index contributed by atoms with van der Waals surface area (Å²) in [5.41, 5.74) is 9.12. The van der Waals surface area contributed by atoms with Gasteiger partial charge < -0.3 is 5.73 Å². The van der Waals surface area contributed by atoms with Gasteiger partial charge in [0.1, 0.15) is 0 Å². The zero-order valence-corrected chi connectivity index (χ0v) is 16.1. The first-order chi connectivity index (χ1) is 11.8. The topological polar surface area (TPSA) is 59.4 Å². The highest BCUT2D eigenvalue weighted by molar-refractivity contribution is 5.81. The summed E-state index contributed by atoms with van der Waals surface area (Å²) in [4.78, 5) is 6.70. The van der Waals surface area contributed by atoms with Gasteiger partial charge in [0.25, 0.3) is 0 Å². The van der Waals surface area contributed by atoms with Crippen molar-refractivity contribution in [1.82, 2.24) is 14.6 Å². The molecular formula is C20H31N5. The molecule has 0 bridgehead atoms. The first-order valence-corrected chi connectivity index (χ1v) is 9.01. The van der Waals surface area contributed by atoms with Crippen molar-refractivity contribution < 1.29 is 0 Å². The van der Waals surface area contributed by atoms with E-state index in [1.165, 1.54) is 5.56 Å². The van der Waals surface area contributed by atoms with Gasteiger partial charge in [0.05, 0.1) is 18.1 Å². The summed E-state index contributed by atoms with van der Waals surface area (Å²) in [5, 5.41) is 4.47. The van der Waals surface area contributed by atoms with E-state index in [1.54, 1.807) is 4.68 Å². The van der Waals surface area contributed by atoms with Gasteiger partial charge in [0, 0.05) is 19.6 Å². The summed E-state index contributed by atoms with van der Waals surface area (Å²) in [5.74, 6) is 1.70. The van der Waals surface area contributed by atoms with Crippen LogP contribution in [0.5, 0.6) is 0 Å². The minimum atomic E-state index is 0.410. The Hall–Kier alpha value is -2.14. The minimum absolute atomic E-state index is 0.410. The number of imidazole rings is 1. The standard InChI is InChI=1S/C20H31N5/c1-15(2)11-24(12-16(3)4)14-19-9-7-6-8-18(19)10-22-25-13-17(5)23-20(25)21/h6-10,13,15-16H,11-12,14H2,1-5H3,(H2,21,23). The summed E-state index contributed by atoms with van der Waals surface area (Å²) < 4.78 is 1.62. The minimum Gasteiger partial charge on any atom is -0.368 e. The normalized spacial score (nSPS) is 12.2. The van der Waals surface area contributed by atoms with Gasteiger partial charge in [0.15, 0.2) is 0 Å². The van der Waals surface area contributed by atoms with Crippen LogP contribution in [0.2, 0.25) is 0 Å². The molecule has 0 atom stereocenters. The van der Waals surface area contributed by atoms with Crippen LogP contribution in [-0.4, -0.2) is 33.9 Å². The number of aryl methyl sites for hydroxylation is 1. The SMILES string of the molecule is Cc1cn(N=Cc2ccccc2CN(CC(C)C)CC(C)C)c(N)n1. The van der Waals surface area contributed by atoms with Crippen LogP contribution in [0, 0.1) is 18.8 Å². The quantitative estimate of drug-likeness (QED) is 0.744. The van der Waals surface area contributed by atoms with E-state index >= 15 is 0 Å². The number of nitrogens with zero attached hydrogens (tertiary/aromatic N) is 4. The Bertz CT molecular complexity index is 690. The molecule has 136 valence electrons. The van der Waals surface area contributed by atoms with Crippen LogP contribution in [0.15, 0.2) is 35.6 Å². The van der Waals surface area contributed by atoms with Crippen LogP contribution in [0.1, 0.15) is 44.5 Å². The molecule has 0 saturated heterocycles. The molecule has 0 amide bonds. The molecule has 1 heterocycles. The molecule has 5 heteroatoms. The lowest BCUT2D eigenvalue weighted by atomic mass is 10.1. The molecule has 0 saturated carbocycles. The van der Waals surface area contributed by atoms with Gasteiger partial charge in [-0.3, -0.25) is 4.90 Å². The van der Waals surface area contributed by atoms with Crippen molar-refractivity contribution in [1.29, 1.82) is 0 Å². The number of rotatable bonds is 8. The molecule has 1 aromatic heterocycles. The Morgan fingerprint density at radius 2 is 1.80 bits per heavy atom. The fourth-order valence-electron chi connectivity index (χ4n) is 3.00. The molecule has 0 fully saturated rings. The fourth-order valence-corrected chi connectivity index (χ4v) is 3.00. The smallest absolute Gasteiger partial charge is 0.221 e. The van der Waals surface area contributed by atoms with E-state index < -0.39 is 0 Å². The molecule has 0 radical (unpaired) electrons. The number of hydrogen-bond acceptors (Lipinski definition) is 4. The molecular weight excluding hydrogens is 310 g/mol. The highest BCUT2D eigenvalue weighted by atomic mass is 15.4. The average molecular weight is 342 g/mol. The maximum absolute atomic E-state index is 5.86. The zero-order chi connectivity index (χ0) is 18.4. The summed E-state index contributed by atoms with van der Waals surface area (Å²) in [7, 11) is 0. The highest BCUT2D eigenvalue weighted by Crippen LogP contribution is 2.14. The van der Waals surface area contributed by atoms with Crippen molar-refractivity contribution in [3.05, 3.63) is 47.3 Å². The third-order valence-electron chi connectivity index (χ3n) is 3.85. The van der Waals surface area contributed by atoms with Gasteiger partial charge >= 0.3 is 0 Å². The molecule has 2 N–H and O–H groups in total. The number of aromatic nitrogens is 2. The summed E-state index contributed by atoms with van der Waals surface area (Å²) in [6.45, 7) is 14.1. The van der Waals surface area contributed by atoms with Crippen molar-refractivity contribution in [3.63, 3.8) is 0 Å². The van der Waals surface area contributed by atoms with E-state index in [9.17, 15) is 0 Å². The van der Waals surface area contributed by atoms with Crippen molar-refractivity contribution in [2.75, 3.05) is 18.8 Å². The van der Waals surface area contributed by atoms with Gasteiger partial charge in [0.2, 0.25) is 5.95 Å². The van der Waals surface area contributed by atoms with Crippen molar-refractivity contribution in [2.45, 2.75) is 41.2 Å². The predicted molar refractivity (Wildman–Crippen MR) is 106 cm³/mol. The Morgan fingerprint density at radius 1 is 1.16 bits per heavy atom. The second kappa shape index (κ2) is 8.81. The molecule has 25 heavy (non-hydrogen) atoms.